The standard InChI is InChI=1S/C18H18FN3OS/c1-10-5-6-14(8-16(10)19)22-17(23)13(4)24-18-15(9-20)11(2)7-12(3)21-18/h5-8,13H,1-4H3,(H,22,23). The number of nitriles is 1. The minimum Gasteiger partial charge on any atom is -0.325 e. The third kappa shape index (κ3) is 4.12. The second kappa shape index (κ2) is 7.45. The Bertz CT molecular complexity index is 830. The predicted octanol–water partition coefficient (Wildman–Crippen LogP) is 4.14. The van der Waals surface area contributed by atoms with Gasteiger partial charge in [0.25, 0.3) is 0 Å². The van der Waals surface area contributed by atoms with Crippen LogP contribution >= 0.6 is 11.8 Å². The normalized spacial score (nSPS) is 11.7. The molecule has 1 atom stereocenters. The maximum absolute atomic E-state index is 13.6. The SMILES string of the molecule is Cc1cc(C)c(C#N)c(SC(C)C(=O)Nc2ccc(C)c(F)c2)n1. The van der Waals surface area contributed by atoms with E-state index in [1.165, 1.54) is 17.8 Å². The van der Waals surface area contributed by atoms with E-state index in [1.807, 2.05) is 19.9 Å². The number of thioether (sulfide) groups is 1. The summed E-state index contributed by atoms with van der Waals surface area (Å²) in [6, 6.07) is 8.53. The number of aromatic nitrogens is 1. The largest absolute Gasteiger partial charge is 0.325 e. The first-order valence-corrected chi connectivity index (χ1v) is 8.31. The van der Waals surface area contributed by atoms with Crippen LogP contribution in [0.5, 0.6) is 0 Å². The number of carbonyl (C=O) groups is 1. The Labute approximate surface area is 145 Å². The third-order valence-electron chi connectivity index (χ3n) is 3.52. The van der Waals surface area contributed by atoms with Gasteiger partial charge in [-0.3, -0.25) is 4.79 Å². The van der Waals surface area contributed by atoms with Crippen LogP contribution in [0.2, 0.25) is 0 Å². The molecule has 1 amide bonds. The van der Waals surface area contributed by atoms with Gasteiger partial charge in [0.05, 0.1) is 10.8 Å². The molecule has 124 valence electrons. The molecule has 4 nitrogen and oxygen atoms in total. The van der Waals surface area contributed by atoms with E-state index in [0.29, 0.717) is 21.8 Å². The lowest BCUT2D eigenvalue weighted by Gasteiger charge is -2.14. The molecule has 0 spiro atoms. The van der Waals surface area contributed by atoms with Crippen LogP contribution in [0.25, 0.3) is 0 Å². The zero-order valence-electron chi connectivity index (χ0n) is 14.0. The highest BCUT2D eigenvalue weighted by Gasteiger charge is 2.19. The molecule has 1 N–H and O–H groups in total. The van der Waals surface area contributed by atoms with Crippen molar-refractivity contribution in [1.29, 1.82) is 5.26 Å². The Morgan fingerprint density at radius 3 is 2.62 bits per heavy atom. The van der Waals surface area contributed by atoms with Crippen molar-refractivity contribution >= 4 is 23.4 Å². The lowest BCUT2D eigenvalue weighted by Crippen LogP contribution is -2.22. The summed E-state index contributed by atoms with van der Waals surface area (Å²) in [5, 5.41) is 12.0. The van der Waals surface area contributed by atoms with Crippen LogP contribution < -0.4 is 5.32 Å². The van der Waals surface area contributed by atoms with E-state index in [9.17, 15) is 14.4 Å². The maximum atomic E-state index is 13.6. The van der Waals surface area contributed by atoms with E-state index in [4.69, 9.17) is 0 Å². The van der Waals surface area contributed by atoms with Gasteiger partial charge in [-0.25, -0.2) is 9.37 Å². The quantitative estimate of drug-likeness (QED) is 0.848. The summed E-state index contributed by atoms with van der Waals surface area (Å²) in [6.45, 7) is 7.08. The summed E-state index contributed by atoms with van der Waals surface area (Å²) in [7, 11) is 0. The second-order valence-corrected chi connectivity index (χ2v) is 6.92. The molecule has 0 aliphatic carbocycles. The lowest BCUT2D eigenvalue weighted by molar-refractivity contribution is -0.115. The van der Waals surface area contributed by atoms with E-state index in [0.717, 1.165) is 11.3 Å². The van der Waals surface area contributed by atoms with Gasteiger partial charge >= 0.3 is 0 Å². The van der Waals surface area contributed by atoms with Gasteiger partial charge in [-0.1, -0.05) is 17.8 Å². The molecule has 0 saturated carbocycles. The summed E-state index contributed by atoms with van der Waals surface area (Å²) in [5.74, 6) is -0.635. The first-order chi connectivity index (χ1) is 11.3. The fourth-order valence-corrected chi connectivity index (χ4v) is 3.18. The van der Waals surface area contributed by atoms with E-state index < -0.39 is 5.25 Å². The number of rotatable bonds is 4. The van der Waals surface area contributed by atoms with Gasteiger partial charge in [-0.05, 0) is 57.0 Å². The van der Waals surface area contributed by atoms with Crippen LogP contribution in [0.15, 0.2) is 29.3 Å². The van der Waals surface area contributed by atoms with Crippen LogP contribution in [-0.4, -0.2) is 16.1 Å². The molecule has 1 heterocycles. The molecular formula is C18H18FN3OS. The van der Waals surface area contributed by atoms with Gasteiger partial charge in [0.1, 0.15) is 16.9 Å². The highest BCUT2D eigenvalue weighted by atomic mass is 32.2. The summed E-state index contributed by atoms with van der Waals surface area (Å²) in [6.07, 6.45) is 0. The number of amides is 1. The molecule has 0 bridgehead atoms. The molecule has 1 aromatic heterocycles. The zero-order valence-corrected chi connectivity index (χ0v) is 14.8. The van der Waals surface area contributed by atoms with Crippen molar-refractivity contribution in [2.24, 2.45) is 0 Å². The molecule has 1 aromatic carbocycles. The molecule has 0 radical (unpaired) electrons. The molecule has 1 unspecified atom stereocenters. The van der Waals surface area contributed by atoms with Crippen molar-refractivity contribution < 1.29 is 9.18 Å². The zero-order chi connectivity index (χ0) is 17.9. The minimum atomic E-state index is -0.477. The molecule has 0 fully saturated rings. The van der Waals surface area contributed by atoms with Gasteiger partial charge in [0, 0.05) is 11.4 Å². The summed E-state index contributed by atoms with van der Waals surface area (Å²) < 4.78 is 13.6. The Morgan fingerprint density at radius 2 is 2.00 bits per heavy atom. The number of nitrogens with zero attached hydrogens (tertiary/aromatic N) is 2. The van der Waals surface area contributed by atoms with Gasteiger partial charge in [0.15, 0.2) is 0 Å². The number of aryl methyl sites for hydroxylation is 3. The number of hydrogen-bond acceptors (Lipinski definition) is 4. The number of halogens is 1. The van der Waals surface area contributed by atoms with Crippen molar-refractivity contribution in [3.63, 3.8) is 0 Å². The van der Waals surface area contributed by atoms with E-state index in [2.05, 4.69) is 16.4 Å². The Kier molecular flexibility index (Phi) is 5.58. The monoisotopic (exact) mass is 343 g/mol. The van der Waals surface area contributed by atoms with Gasteiger partial charge < -0.3 is 5.32 Å². The number of hydrogen-bond donors (Lipinski definition) is 1. The van der Waals surface area contributed by atoms with Crippen molar-refractivity contribution in [2.75, 3.05) is 5.32 Å². The topological polar surface area (TPSA) is 65.8 Å². The number of carbonyl (C=O) groups excluding carboxylic acids is 1. The third-order valence-corrected chi connectivity index (χ3v) is 4.61. The van der Waals surface area contributed by atoms with Crippen LogP contribution in [0, 0.1) is 37.9 Å². The van der Waals surface area contributed by atoms with Crippen LogP contribution in [-0.2, 0) is 4.79 Å². The fourth-order valence-electron chi connectivity index (χ4n) is 2.16. The summed E-state index contributed by atoms with van der Waals surface area (Å²) in [4.78, 5) is 16.7. The van der Waals surface area contributed by atoms with Crippen molar-refractivity contribution in [1.82, 2.24) is 4.98 Å². The predicted molar refractivity (Wildman–Crippen MR) is 93.5 cm³/mol. The van der Waals surface area contributed by atoms with Gasteiger partial charge in [-0.2, -0.15) is 5.26 Å². The van der Waals surface area contributed by atoms with E-state index in [-0.39, 0.29) is 11.7 Å². The highest BCUT2D eigenvalue weighted by molar-refractivity contribution is 8.00. The molecular weight excluding hydrogens is 325 g/mol. The molecule has 2 aromatic rings. The average molecular weight is 343 g/mol. The van der Waals surface area contributed by atoms with Gasteiger partial charge in [-0.15, -0.1) is 0 Å². The van der Waals surface area contributed by atoms with E-state index >= 15 is 0 Å². The average Bonchev–Trinajstić information content (AvgIpc) is 2.50. The maximum Gasteiger partial charge on any atom is 0.237 e. The van der Waals surface area contributed by atoms with Crippen LogP contribution in [0.1, 0.15) is 29.3 Å². The molecule has 0 saturated heterocycles. The van der Waals surface area contributed by atoms with Crippen molar-refractivity contribution in [3.8, 4) is 6.07 Å². The molecule has 24 heavy (non-hydrogen) atoms. The van der Waals surface area contributed by atoms with Crippen LogP contribution in [0.4, 0.5) is 10.1 Å². The number of benzene rings is 1. The Balaban J connectivity index is 2.15. The first kappa shape index (κ1) is 18.0. The Hall–Kier alpha value is -2.39. The van der Waals surface area contributed by atoms with Gasteiger partial charge in [0.2, 0.25) is 5.91 Å². The molecule has 0 aliphatic heterocycles. The number of anilines is 1. The number of nitrogens with one attached hydrogen (secondary N) is 1. The lowest BCUT2D eigenvalue weighted by atomic mass is 10.1. The van der Waals surface area contributed by atoms with Crippen molar-refractivity contribution in [3.05, 3.63) is 52.5 Å². The minimum absolute atomic E-state index is 0.270. The fraction of sp³-hybridized carbons (Fsp3) is 0.278. The second-order valence-electron chi connectivity index (χ2n) is 5.59. The molecule has 0 aliphatic rings. The van der Waals surface area contributed by atoms with E-state index in [1.54, 1.807) is 26.0 Å². The molecule has 6 heteroatoms. The highest BCUT2D eigenvalue weighted by Crippen LogP contribution is 2.28. The van der Waals surface area contributed by atoms with Crippen molar-refractivity contribution in [2.45, 2.75) is 38.0 Å². The Morgan fingerprint density at radius 1 is 1.29 bits per heavy atom. The number of pyridine rings is 1. The first-order valence-electron chi connectivity index (χ1n) is 7.44. The molecule has 2 rings (SSSR count). The summed E-state index contributed by atoms with van der Waals surface area (Å²) >= 11 is 1.22. The van der Waals surface area contributed by atoms with Crippen LogP contribution in [0.3, 0.4) is 0 Å². The smallest absolute Gasteiger partial charge is 0.237 e. The summed E-state index contributed by atoms with van der Waals surface area (Å²) in [5.41, 5.74) is 3.03.